The third kappa shape index (κ3) is 4.38. The quantitative estimate of drug-likeness (QED) is 0.622. The topological polar surface area (TPSA) is 95.6 Å². The first-order valence-corrected chi connectivity index (χ1v) is 6.35. The monoisotopic (exact) mass is 284 g/mol. The van der Waals surface area contributed by atoms with Crippen LogP contribution in [0.5, 0.6) is 0 Å². The summed E-state index contributed by atoms with van der Waals surface area (Å²) in [7, 11) is 0. The van der Waals surface area contributed by atoms with Crippen LogP contribution < -0.4 is 11.1 Å². The van der Waals surface area contributed by atoms with Crippen molar-refractivity contribution in [3.05, 3.63) is 23.5 Å². The second-order valence-electron chi connectivity index (χ2n) is 5.99. The zero-order chi connectivity index (χ0) is 15.5. The molecule has 0 amide bonds. The van der Waals surface area contributed by atoms with E-state index in [0.717, 1.165) is 6.07 Å². The highest BCUT2D eigenvalue weighted by molar-refractivity contribution is 6.00. The van der Waals surface area contributed by atoms with Gasteiger partial charge in [-0.25, -0.2) is 9.18 Å². The van der Waals surface area contributed by atoms with Crippen LogP contribution >= 0.6 is 0 Å². The number of rotatable bonds is 5. The van der Waals surface area contributed by atoms with E-state index in [1.807, 2.05) is 20.8 Å². The molecule has 6 heteroatoms. The summed E-state index contributed by atoms with van der Waals surface area (Å²) in [4.78, 5) is 11.1. The number of hydrogen-bond donors (Lipinski definition) is 4. The van der Waals surface area contributed by atoms with E-state index >= 15 is 0 Å². The molecule has 0 aromatic heterocycles. The molecular weight excluding hydrogens is 263 g/mol. The zero-order valence-corrected chi connectivity index (χ0v) is 11.9. The van der Waals surface area contributed by atoms with E-state index in [9.17, 15) is 14.3 Å². The number of carboxylic acids is 1. The number of aromatic carboxylic acids is 1. The molecular formula is C14H21FN2O3. The van der Waals surface area contributed by atoms with Gasteiger partial charge in [-0.1, -0.05) is 20.8 Å². The predicted octanol–water partition coefficient (Wildman–Crippen LogP) is 2.32. The smallest absolute Gasteiger partial charge is 0.340 e. The predicted molar refractivity (Wildman–Crippen MR) is 76.3 cm³/mol. The Balaban J connectivity index is 2.83. The SMILES string of the molecule is CC(C)(C)CC(O)CNc1ccc(F)c(N)c1C(=O)O. The van der Waals surface area contributed by atoms with Gasteiger partial charge in [0.15, 0.2) is 0 Å². The molecule has 20 heavy (non-hydrogen) atoms. The van der Waals surface area contributed by atoms with Crippen molar-refractivity contribution in [3.8, 4) is 0 Å². The summed E-state index contributed by atoms with van der Waals surface area (Å²) in [6.45, 7) is 6.15. The molecule has 1 atom stereocenters. The van der Waals surface area contributed by atoms with E-state index in [1.165, 1.54) is 6.07 Å². The second kappa shape index (κ2) is 6.09. The fraction of sp³-hybridized carbons (Fsp3) is 0.500. The highest BCUT2D eigenvalue weighted by Crippen LogP contribution is 2.26. The lowest BCUT2D eigenvalue weighted by atomic mass is 9.89. The van der Waals surface area contributed by atoms with Crippen molar-refractivity contribution in [2.75, 3.05) is 17.6 Å². The van der Waals surface area contributed by atoms with Gasteiger partial charge in [-0.3, -0.25) is 0 Å². The van der Waals surface area contributed by atoms with Gasteiger partial charge >= 0.3 is 5.97 Å². The molecule has 5 nitrogen and oxygen atoms in total. The molecule has 5 N–H and O–H groups in total. The third-order valence-electron chi connectivity index (χ3n) is 2.78. The number of aliphatic hydroxyl groups is 1. The number of anilines is 2. The van der Waals surface area contributed by atoms with Gasteiger partial charge in [-0.2, -0.15) is 0 Å². The third-order valence-corrected chi connectivity index (χ3v) is 2.78. The van der Waals surface area contributed by atoms with Crippen molar-refractivity contribution in [2.45, 2.75) is 33.3 Å². The van der Waals surface area contributed by atoms with Gasteiger partial charge < -0.3 is 21.3 Å². The molecule has 0 heterocycles. The number of benzene rings is 1. The Hall–Kier alpha value is -1.82. The maximum atomic E-state index is 13.3. The molecule has 1 unspecified atom stereocenters. The molecule has 1 rings (SSSR count). The lowest BCUT2D eigenvalue weighted by molar-refractivity contribution is 0.0698. The first-order chi connectivity index (χ1) is 9.11. The molecule has 0 aliphatic rings. The van der Waals surface area contributed by atoms with Crippen molar-refractivity contribution >= 4 is 17.3 Å². The molecule has 0 aliphatic carbocycles. The van der Waals surface area contributed by atoms with Crippen LogP contribution in [0.1, 0.15) is 37.6 Å². The molecule has 1 aromatic rings. The van der Waals surface area contributed by atoms with Crippen molar-refractivity contribution < 1.29 is 19.4 Å². The molecule has 0 saturated heterocycles. The van der Waals surface area contributed by atoms with Gasteiger partial charge in [0.1, 0.15) is 11.4 Å². The van der Waals surface area contributed by atoms with Gasteiger partial charge in [-0.15, -0.1) is 0 Å². The molecule has 0 radical (unpaired) electrons. The Labute approximate surface area is 117 Å². The van der Waals surface area contributed by atoms with Gasteiger partial charge in [-0.05, 0) is 24.0 Å². The molecule has 0 aliphatic heterocycles. The van der Waals surface area contributed by atoms with Gasteiger partial charge in [0.25, 0.3) is 0 Å². The van der Waals surface area contributed by atoms with Crippen molar-refractivity contribution in [1.82, 2.24) is 0 Å². The number of carbonyl (C=O) groups is 1. The number of carboxylic acid groups (broad SMARTS) is 1. The summed E-state index contributed by atoms with van der Waals surface area (Å²) in [5.41, 5.74) is 4.87. The fourth-order valence-electron chi connectivity index (χ4n) is 1.98. The Bertz CT molecular complexity index is 498. The highest BCUT2D eigenvalue weighted by atomic mass is 19.1. The Morgan fingerprint density at radius 2 is 2.05 bits per heavy atom. The van der Waals surface area contributed by atoms with E-state index in [1.54, 1.807) is 0 Å². The van der Waals surface area contributed by atoms with Crippen LogP contribution in [0.2, 0.25) is 0 Å². The van der Waals surface area contributed by atoms with E-state index in [0.29, 0.717) is 6.42 Å². The van der Waals surface area contributed by atoms with Crippen molar-refractivity contribution in [2.24, 2.45) is 5.41 Å². The van der Waals surface area contributed by atoms with Gasteiger partial charge in [0.05, 0.1) is 17.5 Å². The highest BCUT2D eigenvalue weighted by Gasteiger charge is 2.20. The molecule has 0 spiro atoms. The van der Waals surface area contributed by atoms with E-state index in [-0.39, 0.29) is 23.2 Å². The lowest BCUT2D eigenvalue weighted by Crippen LogP contribution is -2.26. The van der Waals surface area contributed by atoms with Crippen molar-refractivity contribution in [3.63, 3.8) is 0 Å². The number of aliphatic hydroxyl groups excluding tert-OH is 1. The maximum Gasteiger partial charge on any atom is 0.340 e. The maximum absolute atomic E-state index is 13.3. The number of nitrogens with one attached hydrogen (secondary N) is 1. The standard InChI is InChI=1S/C14H21FN2O3/c1-14(2,3)6-8(18)7-17-10-5-4-9(15)12(16)11(10)13(19)20/h4-5,8,17-18H,6-7,16H2,1-3H3,(H,19,20). The lowest BCUT2D eigenvalue weighted by Gasteiger charge is -2.23. The summed E-state index contributed by atoms with van der Waals surface area (Å²) in [6.07, 6.45) is -0.0815. The van der Waals surface area contributed by atoms with E-state index in [2.05, 4.69) is 5.32 Å². The van der Waals surface area contributed by atoms with Crippen LogP contribution in [-0.4, -0.2) is 28.8 Å². The zero-order valence-electron chi connectivity index (χ0n) is 11.9. The summed E-state index contributed by atoms with van der Waals surface area (Å²) < 4.78 is 13.3. The Morgan fingerprint density at radius 3 is 2.55 bits per heavy atom. The van der Waals surface area contributed by atoms with E-state index < -0.39 is 23.6 Å². The fourth-order valence-corrected chi connectivity index (χ4v) is 1.98. The number of nitrogens with two attached hydrogens (primary N) is 1. The average Bonchev–Trinajstić information content (AvgIpc) is 2.27. The molecule has 0 bridgehead atoms. The van der Waals surface area contributed by atoms with Crippen LogP contribution in [0.3, 0.4) is 0 Å². The Kier molecular flexibility index (Phi) is 4.94. The van der Waals surface area contributed by atoms with E-state index in [4.69, 9.17) is 10.8 Å². The van der Waals surface area contributed by atoms with Gasteiger partial charge in [0, 0.05) is 6.54 Å². The normalized spacial score (nSPS) is 13.1. The molecule has 1 aromatic carbocycles. The molecule has 0 saturated carbocycles. The summed E-state index contributed by atoms with van der Waals surface area (Å²) in [5, 5.41) is 21.8. The number of nitrogen functional groups attached to an aromatic ring is 1. The summed E-state index contributed by atoms with van der Waals surface area (Å²) in [6, 6.07) is 2.40. The van der Waals surface area contributed by atoms with Crippen LogP contribution in [0, 0.1) is 11.2 Å². The minimum atomic E-state index is -1.31. The van der Waals surface area contributed by atoms with Gasteiger partial charge in [0.2, 0.25) is 0 Å². The summed E-state index contributed by atoms with van der Waals surface area (Å²) in [5.74, 6) is -2.09. The van der Waals surface area contributed by atoms with Crippen LogP contribution in [0.25, 0.3) is 0 Å². The first-order valence-electron chi connectivity index (χ1n) is 6.35. The summed E-state index contributed by atoms with van der Waals surface area (Å²) >= 11 is 0. The van der Waals surface area contributed by atoms with Crippen LogP contribution in [-0.2, 0) is 0 Å². The Morgan fingerprint density at radius 1 is 1.45 bits per heavy atom. The largest absolute Gasteiger partial charge is 0.478 e. The first kappa shape index (κ1) is 16.2. The average molecular weight is 284 g/mol. The minimum Gasteiger partial charge on any atom is -0.478 e. The van der Waals surface area contributed by atoms with Crippen LogP contribution in [0.15, 0.2) is 12.1 Å². The molecule has 112 valence electrons. The number of halogens is 1. The molecule has 0 fully saturated rings. The van der Waals surface area contributed by atoms with Crippen molar-refractivity contribution in [1.29, 1.82) is 0 Å². The number of hydrogen-bond acceptors (Lipinski definition) is 4. The second-order valence-corrected chi connectivity index (χ2v) is 5.99. The minimum absolute atomic E-state index is 0.0431. The van der Waals surface area contributed by atoms with Crippen LogP contribution in [0.4, 0.5) is 15.8 Å².